The normalized spacial score (nSPS) is 21.2. The zero-order valence-corrected chi connectivity index (χ0v) is 9.76. The van der Waals surface area contributed by atoms with E-state index in [0.29, 0.717) is 19.4 Å². The van der Waals surface area contributed by atoms with Crippen molar-refractivity contribution in [1.82, 2.24) is 4.90 Å². The quantitative estimate of drug-likeness (QED) is 0.735. The highest BCUT2D eigenvalue weighted by molar-refractivity contribution is 5.85. The maximum absolute atomic E-state index is 11.9. The molecule has 2 atom stereocenters. The smallest absolute Gasteiger partial charge is 0.326 e. The first kappa shape index (κ1) is 13.5. The molecule has 1 heterocycles. The lowest BCUT2D eigenvalue weighted by molar-refractivity contribution is -0.150. The summed E-state index contributed by atoms with van der Waals surface area (Å²) in [5, 5.41) is 17.5. The van der Waals surface area contributed by atoms with Crippen molar-refractivity contribution in [2.75, 3.05) is 6.54 Å². The fourth-order valence-electron chi connectivity index (χ4n) is 2.03. The maximum atomic E-state index is 11.9. The van der Waals surface area contributed by atoms with Gasteiger partial charge in [0.15, 0.2) is 0 Å². The van der Waals surface area contributed by atoms with Crippen LogP contribution >= 0.6 is 0 Å². The number of aliphatic carboxylic acids is 2. The van der Waals surface area contributed by atoms with Crippen LogP contribution in [0.15, 0.2) is 0 Å². The van der Waals surface area contributed by atoms with Crippen LogP contribution in [-0.4, -0.2) is 45.5 Å². The molecule has 1 aliphatic heterocycles. The molecule has 1 unspecified atom stereocenters. The lowest BCUT2D eigenvalue weighted by Gasteiger charge is -2.24. The Morgan fingerprint density at radius 2 is 2.00 bits per heavy atom. The van der Waals surface area contributed by atoms with Crippen LogP contribution < -0.4 is 0 Å². The highest BCUT2D eigenvalue weighted by Gasteiger charge is 2.35. The van der Waals surface area contributed by atoms with E-state index in [1.54, 1.807) is 6.92 Å². The molecule has 1 aliphatic rings. The number of carboxylic acid groups (broad SMARTS) is 2. The van der Waals surface area contributed by atoms with Gasteiger partial charge in [0.25, 0.3) is 0 Å². The Hall–Kier alpha value is -1.59. The molecule has 17 heavy (non-hydrogen) atoms. The maximum Gasteiger partial charge on any atom is 0.326 e. The molecule has 1 fully saturated rings. The van der Waals surface area contributed by atoms with Crippen molar-refractivity contribution in [2.45, 2.75) is 38.6 Å². The molecule has 96 valence electrons. The van der Waals surface area contributed by atoms with Crippen molar-refractivity contribution in [3.63, 3.8) is 0 Å². The van der Waals surface area contributed by atoms with Gasteiger partial charge in [0.2, 0.25) is 5.91 Å². The van der Waals surface area contributed by atoms with Crippen LogP contribution in [0.5, 0.6) is 0 Å². The van der Waals surface area contributed by atoms with E-state index in [0.717, 1.165) is 0 Å². The predicted molar refractivity (Wildman–Crippen MR) is 58.4 cm³/mol. The molecule has 1 amide bonds. The van der Waals surface area contributed by atoms with E-state index in [1.165, 1.54) is 4.90 Å². The van der Waals surface area contributed by atoms with Gasteiger partial charge in [-0.1, -0.05) is 6.92 Å². The largest absolute Gasteiger partial charge is 0.481 e. The number of rotatable bonds is 5. The number of amides is 1. The summed E-state index contributed by atoms with van der Waals surface area (Å²) < 4.78 is 0. The van der Waals surface area contributed by atoms with Gasteiger partial charge >= 0.3 is 11.9 Å². The molecule has 0 spiro atoms. The Morgan fingerprint density at radius 1 is 1.35 bits per heavy atom. The fraction of sp³-hybridized carbons (Fsp3) is 0.727. The third-order valence-corrected chi connectivity index (χ3v) is 3.03. The number of likely N-dealkylation sites (tertiary alicyclic amines) is 1. The SMILES string of the molecule is C[C@@H](CCC(=O)O)C(=O)N1CCCC1C(=O)O. The minimum absolute atomic E-state index is 0.0709. The molecule has 0 radical (unpaired) electrons. The van der Waals surface area contributed by atoms with Crippen molar-refractivity contribution in [1.29, 1.82) is 0 Å². The van der Waals surface area contributed by atoms with Crippen molar-refractivity contribution < 1.29 is 24.6 Å². The van der Waals surface area contributed by atoms with E-state index < -0.39 is 23.9 Å². The predicted octanol–water partition coefficient (Wildman–Crippen LogP) is 0.563. The van der Waals surface area contributed by atoms with Gasteiger partial charge in [-0.25, -0.2) is 4.79 Å². The number of carboxylic acids is 2. The van der Waals surface area contributed by atoms with E-state index in [1.807, 2.05) is 0 Å². The zero-order chi connectivity index (χ0) is 13.0. The first-order chi connectivity index (χ1) is 7.93. The number of carbonyl (C=O) groups is 3. The molecule has 0 aliphatic carbocycles. The summed E-state index contributed by atoms with van der Waals surface area (Å²) in [6, 6.07) is -0.741. The molecular weight excluding hydrogens is 226 g/mol. The van der Waals surface area contributed by atoms with Crippen molar-refractivity contribution in [3.05, 3.63) is 0 Å². The average Bonchev–Trinajstić information content (AvgIpc) is 2.73. The van der Waals surface area contributed by atoms with Crippen molar-refractivity contribution in [3.8, 4) is 0 Å². The number of hydrogen-bond acceptors (Lipinski definition) is 3. The van der Waals surface area contributed by atoms with Gasteiger partial charge in [-0.05, 0) is 19.3 Å². The molecule has 0 aromatic heterocycles. The van der Waals surface area contributed by atoms with Gasteiger partial charge in [-0.2, -0.15) is 0 Å². The Kier molecular flexibility index (Phi) is 4.48. The van der Waals surface area contributed by atoms with Crippen LogP contribution in [0.1, 0.15) is 32.6 Å². The Morgan fingerprint density at radius 3 is 2.53 bits per heavy atom. The third-order valence-electron chi connectivity index (χ3n) is 3.03. The minimum atomic E-state index is -0.985. The van der Waals surface area contributed by atoms with E-state index in [-0.39, 0.29) is 18.7 Å². The summed E-state index contributed by atoms with van der Waals surface area (Å²) in [6.07, 6.45) is 1.34. The average molecular weight is 243 g/mol. The van der Waals surface area contributed by atoms with Gasteiger partial charge in [0.05, 0.1) is 0 Å². The molecule has 2 N–H and O–H groups in total. The monoisotopic (exact) mass is 243 g/mol. The van der Waals surface area contributed by atoms with E-state index >= 15 is 0 Å². The summed E-state index contributed by atoms with van der Waals surface area (Å²) in [7, 11) is 0. The highest BCUT2D eigenvalue weighted by atomic mass is 16.4. The molecule has 6 heteroatoms. The van der Waals surface area contributed by atoms with Crippen LogP contribution in [0, 0.1) is 5.92 Å². The van der Waals surface area contributed by atoms with Gasteiger partial charge in [-0.3, -0.25) is 9.59 Å². The second-order valence-corrected chi connectivity index (χ2v) is 4.36. The minimum Gasteiger partial charge on any atom is -0.481 e. The Balaban J connectivity index is 2.56. The fourth-order valence-corrected chi connectivity index (χ4v) is 2.03. The standard InChI is InChI=1S/C11H17NO5/c1-7(4-5-9(13)14)10(15)12-6-2-3-8(12)11(16)17/h7-8H,2-6H2,1H3,(H,13,14)(H,16,17)/t7-,8?/m0/s1. The van der Waals surface area contributed by atoms with Crippen LogP contribution in [0.25, 0.3) is 0 Å². The summed E-state index contributed by atoms with van der Waals surface area (Å²) in [6.45, 7) is 2.09. The number of carbonyl (C=O) groups excluding carboxylic acids is 1. The molecule has 1 rings (SSSR count). The second-order valence-electron chi connectivity index (χ2n) is 4.36. The summed E-state index contributed by atoms with van der Waals surface area (Å²) in [5.74, 6) is -2.62. The Bertz CT molecular complexity index is 328. The Labute approximate surface area is 99.2 Å². The number of nitrogens with zero attached hydrogens (tertiary/aromatic N) is 1. The van der Waals surface area contributed by atoms with Gasteiger partial charge in [-0.15, -0.1) is 0 Å². The van der Waals surface area contributed by atoms with Gasteiger partial charge < -0.3 is 15.1 Å². The lowest BCUT2D eigenvalue weighted by Crippen LogP contribution is -2.43. The molecule has 0 aromatic rings. The van der Waals surface area contributed by atoms with E-state index in [4.69, 9.17) is 10.2 Å². The zero-order valence-electron chi connectivity index (χ0n) is 9.76. The van der Waals surface area contributed by atoms with Crippen LogP contribution in [0.3, 0.4) is 0 Å². The molecule has 1 saturated heterocycles. The first-order valence-electron chi connectivity index (χ1n) is 5.68. The highest BCUT2D eigenvalue weighted by Crippen LogP contribution is 2.21. The van der Waals surface area contributed by atoms with E-state index in [9.17, 15) is 14.4 Å². The third kappa shape index (κ3) is 3.44. The summed E-state index contributed by atoms with van der Waals surface area (Å²) >= 11 is 0. The summed E-state index contributed by atoms with van der Waals surface area (Å²) in [4.78, 5) is 34.6. The molecule has 0 saturated carbocycles. The van der Waals surface area contributed by atoms with Crippen LogP contribution in [-0.2, 0) is 14.4 Å². The molecule has 6 nitrogen and oxygen atoms in total. The molecular formula is C11H17NO5. The van der Waals surface area contributed by atoms with Crippen LogP contribution in [0.2, 0.25) is 0 Å². The number of hydrogen-bond donors (Lipinski definition) is 2. The van der Waals surface area contributed by atoms with Gasteiger partial charge in [0.1, 0.15) is 6.04 Å². The van der Waals surface area contributed by atoms with E-state index in [2.05, 4.69) is 0 Å². The first-order valence-corrected chi connectivity index (χ1v) is 5.68. The second kappa shape index (κ2) is 5.65. The lowest BCUT2D eigenvalue weighted by atomic mass is 10.0. The molecule has 0 aromatic carbocycles. The van der Waals surface area contributed by atoms with Gasteiger partial charge in [0, 0.05) is 18.9 Å². The topological polar surface area (TPSA) is 94.9 Å². The van der Waals surface area contributed by atoms with Crippen LogP contribution in [0.4, 0.5) is 0 Å². The molecule has 0 bridgehead atoms. The summed E-state index contributed by atoms with van der Waals surface area (Å²) in [5.41, 5.74) is 0. The van der Waals surface area contributed by atoms with Crippen molar-refractivity contribution >= 4 is 17.8 Å². The van der Waals surface area contributed by atoms with Crippen molar-refractivity contribution in [2.24, 2.45) is 5.92 Å².